The lowest BCUT2D eigenvalue weighted by atomic mass is 9.92. The molecule has 1 saturated carbocycles. The highest BCUT2D eigenvalue weighted by Crippen LogP contribution is 2.27. The number of aromatic nitrogens is 4. The van der Waals surface area contributed by atoms with Crippen LogP contribution in [0.15, 0.2) is 53.3 Å². The molecule has 46 heavy (non-hydrogen) atoms. The number of carbonyl (C=O) groups is 2. The highest BCUT2D eigenvalue weighted by molar-refractivity contribution is 6.03. The van der Waals surface area contributed by atoms with E-state index in [0.29, 0.717) is 48.7 Å². The first kappa shape index (κ1) is 32.7. The van der Waals surface area contributed by atoms with Crippen LogP contribution in [0.25, 0.3) is 28.2 Å². The van der Waals surface area contributed by atoms with Gasteiger partial charge < -0.3 is 30.2 Å². The summed E-state index contributed by atoms with van der Waals surface area (Å²) in [6.07, 6.45) is 6.68. The lowest BCUT2D eigenvalue weighted by molar-refractivity contribution is -0.123. The van der Waals surface area contributed by atoms with E-state index in [1.807, 2.05) is 19.1 Å². The van der Waals surface area contributed by atoms with E-state index >= 15 is 0 Å². The number of carbonyl (C=O) groups excluding carboxylic acids is 2. The van der Waals surface area contributed by atoms with Crippen molar-refractivity contribution >= 4 is 23.0 Å². The van der Waals surface area contributed by atoms with Crippen molar-refractivity contribution in [3.63, 3.8) is 0 Å². The highest BCUT2D eigenvalue weighted by Gasteiger charge is 2.25. The van der Waals surface area contributed by atoms with Gasteiger partial charge in [-0.25, -0.2) is 19.3 Å². The maximum absolute atomic E-state index is 13.5. The Hall–Kier alpha value is -4.71. The molecule has 1 fully saturated rings. The lowest BCUT2D eigenvalue weighted by Gasteiger charge is -2.28. The molecule has 1 aliphatic carbocycles. The number of para-hydroxylation sites is 2. The van der Waals surface area contributed by atoms with E-state index in [4.69, 9.17) is 14.5 Å². The molecular weight excluding hydrogens is 588 g/mol. The first-order valence-electron chi connectivity index (χ1n) is 16.0. The molecule has 2 atom stereocenters. The molecule has 2 unspecified atom stereocenters. The van der Waals surface area contributed by atoms with E-state index in [9.17, 15) is 19.5 Å². The van der Waals surface area contributed by atoms with Crippen molar-refractivity contribution in [1.82, 2.24) is 30.2 Å². The molecular formula is C34H42N6O6. The fraction of sp³-hybridized carbons (Fsp3) is 0.441. The number of benzene rings is 2. The third-order valence-electron chi connectivity index (χ3n) is 8.19. The summed E-state index contributed by atoms with van der Waals surface area (Å²) < 4.78 is 12.5. The van der Waals surface area contributed by atoms with E-state index in [1.165, 1.54) is 11.7 Å². The maximum Gasteiger partial charge on any atom is 0.332 e. The van der Waals surface area contributed by atoms with Crippen LogP contribution in [0.1, 0.15) is 75.2 Å². The van der Waals surface area contributed by atoms with Crippen molar-refractivity contribution in [2.75, 3.05) is 20.3 Å². The summed E-state index contributed by atoms with van der Waals surface area (Å²) in [5.74, 6) is 0.994. The second-order valence-electron chi connectivity index (χ2n) is 11.4. The predicted octanol–water partition coefficient (Wildman–Crippen LogP) is 4.28. The number of nitrogens with zero attached hydrogens (tertiary/aromatic N) is 3. The van der Waals surface area contributed by atoms with Crippen molar-refractivity contribution in [2.45, 2.75) is 76.9 Å². The van der Waals surface area contributed by atoms with Gasteiger partial charge in [-0.3, -0.25) is 9.59 Å². The molecule has 0 bridgehead atoms. The summed E-state index contributed by atoms with van der Waals surface area (Å²) in [5, 5.41) is 16.0. The lowest BCUT2D eigenvalue weighted by Crippen LogP contribution is -2.44. The van der Waals surface area contributed by atoms with Crippen LogP contribution < -0.4 is 25.8 Å². The number of rotatable bonds is 14. The number of methoxy groups -OCH3 is 1. The highest BCUT2D eigenvalue weighted by atomic mass is 16.5. The van der Waals surface area contributed by atoms with E-state index in [0.717, 1.165) is 44.9 Å². The third-order valence-corrected chi connectivity index (χ3v) is 8.19. The van der Waals surface area contributed by atoms with Crippen molar-refractivity contribution in [3.05, 3.63) is 64.7 Å². The predicted molar refractivity (Wildman–Crippen MR) is 174 cm³/mol. The molecule has 2 aromatic carbocycles. The Morgan fingerprint density at radius 3 is 2.54 bits per heavy atom. The van der Waals surface area contributed by atoms with Gasteiger partial charge in [0.15, 0.2) is 17.2 Å². The maximum atomic E-state index is 13.5. The first-order valence-corrected chi connectivity index (χ1v) is 16.0. The average Bonchev–Trinajstić information content (AvgIpc) is 3.40. The number of aliphatic hydroxyl groups excluding tert-OH is 1. The number of imidazole rings is 1. The Kier molecular flexibility index (Phi) is 11.0. The SMILES string of the molecule is CCOc1ccc(-c2nc(C(=O)NCCCCCCC(=O)NC3CCCCC3O)c3[nH]c(=O)n(-c4ccccc4OC)c3n2)cc1. The molecule has 12 nitrogen and oxygen atoms in total. The van der Waals surface area contributed by atoms with Crippen LogP contribution >= 0.6 is 0 Å². The number of aromatic amines is 1. The molecule has 2 aromatic heterocycles. The normalized spacial score (nSPS) is 16.2. The quantitative estimate of drug-likeness (QED) is 0.150. The minimum absolute atomic E-state index is 0.0237. The minimum atomic E-state index is -0.478. The Labute approximate surface area is 267 Å². The summed E-state index contributed by atoms with van der Waals surface area (Å²) >= 11 is 0. The van der Waals surface area contributed by atoms with Gasteiger partial charge >= 0.3 is 5.69 Å². The van der Waals surface area contributed by atoms with E-state index < -0.39 is 17.7 Å². The van der Waals surface area contributed by atoms with Gasteiger partial charge in [0.1, 0.15) is 17.0 Å². The standard InChI is InChI=1S/C34H42N6O6/c1-3-46-23-19-17-22(18-20-23)31-37-30(29-32(39-31)40(34(44)38-29)25-13-8-10-15-27(25)45-2)33(43)35-21-11-5-4-6-16-28(42)36-24-12-7-9-14-26(24)41/h8,10,13,15,17-20,24,26,41H,3-7,9,11-12,14,16,21H2,1-2H3,(H,35,43)(H,36,42)(H,38,44). The molecule has 4 N–H and O–H groups in total. The number of nitrogens with one attached hydrogen (secondary N) is 3. The number of aliphatic hydroxyl groups is 1. The van der Waals surface area contributed by atoms with Gasteiger partial charge in [0.2, 0.25) is 5.91 Å². The van der Waals surface area contributed by atoms with Gasteiger partial charge in [0, 0.05) is 18.5 Å². The third kappa shape index (κ3) is 7.74. The van der Waals surface area contributed by atoms with Crippen molar-refractivity contribution < 1.29 is 24.2 Å². The number of hydrogen-bond acceptors (Lipinski definition) is 8. The fourth-order valence-electron chi connectivity index (χ4n) is 5.79. The number of ether oxygens (including phenoxy) is 2. The smallest absolute Gasteiger partial charge is 0.332 e. The average molecular weight is 631 g/mol. The zero-order valence-corrected chi connectivity index (χ0v) is 26.4. The van der Waals surface area contributed by atoms with Crippen LogP contribution in [0.5, 0.6) is 11.5 Å². The van der Waals surface area contributed by atoms with Gasteiger partial charge in [0.25, 0.3) is 5.91 Å². The van der Waals surface area contributed by atoms with Crippen molar-refractivity contribution in [2.24, 2.45) is 0 Å². The Balaban J connectivity index is 1.28. The molecule has 1 aliphatic rings. The molecule has 2 heterocycles. The van der Waals surface area contributed by atoms with Crippen LogP contribution in [0, 0.1) is 0 Å². The molecule has 0 saturated heterocycles. The van der Waals surface area contributed by atoms with Crippen LogP contribution in [-0.2, 0) is 4.79 Å². The van der Waals surface area contributed by atoms with E-state index in [2.05, 4.69) is 20.6 Å². The minimum Gasteiger partial charge on any atom is -0.495 e. The van der Waals surface area contributed by atoms with E-state index in [-0.39, 0.29) is 34.6 Å². The van der Waals surface area contributed by atoms with Gasteiger partial charge in [-0.05, 0) is 69.0 Å². The molecule has 2 amide bonds. The number of H-pyrrole nitrogens is 1. The molecule has 12 heteroatoms. The zero-order valence-electron chi connectivity index (χ0n) is 26.4. The summed E-state index contributed by atoms with van der Waals surface area (Å²) in [7, 11) is 1.52. The Morgan fingerprint density at radius 1 is 1.02 bits per heavy atom. The molecule has 0 radical (unpaired) electrons. The van der Waals surface area contributed by atoms with Gasteiger partial charge in [0.05, 0.1) is 31.5 Å². The van der Waals surface area contributed by atoms with Crippen LogP contribution in [-0.4, -0.2) is 68.8 Å². The fourth-order valence-corrected chi connectivity index (χ4v) is 5.79. The van der Waals surface area contributed by atoms with Gasteiger partial charge in [-0.15, -0.1) is 0 Å². The summed E-state index contributed by atoms with van der Waals surface area (Å²) in [6.45, 7) is 2.84. The van der Waals surface area contributed by atoms with Crippen LogP contribution in [0.4, 0.5) is 0 Å². The van der Waals surface area contributed by atoms with Gasteiger partial charge in [-0.2, -0.15) is 0 Å². The number of hydrogen-bond donors (Lipinski definition) is 4. The second kappa shape index (κ2) is 15.5. The van der Waals surface area contributed by atoms with E-state index in [1.54, 1.807) is 36.4 Å². The Morgan fingerprint density at radius 2 is 1.78 bits per heavy atom. The first-order chi connectivity index (χ1) is 22.4. The summed E-state index contributed by atoms with van der Waals surface area (Å²) in [6, 6.07) is 14.2. The van der Waals surface area contributed by atoms with Gasteiger partial charge in [-0.1, -0.05) is 37.8 Å². The monoisotopic (exact) mass is 630 g/mol. The summed E-state index contributed by atoms with van der Waals surface area (Å²) in [5.41, 5.74) is 1.18. The van der Waals surface area contributed by atoms with Crippen LogP contribution in [0.2, 0.25) is 0 Å². The number of fused-ring (bicyclic) bond motifs is 1. The molecule has 0 spiro atoms. The molecule has 5 rings (SSSR count). The number of unbranched alkanes of at least 4 members (excludes halogenated alkanes) is 3. The summed E-state index contributed by atoms with van der Waals surface area (Å²) in [4.78, 5) is 51.2. The molecule has 4 aromatic rings. The Bertz CT molecular complexity index is 1700. The molecule has 244 valence electrons. The second-order valence-corrected chi connectivity index (χ2v) is 11.4. The van der Waals surface area contributed by atoms with Crippen LogP contribution in [0.3, 0.4) is 0 Å². The largest absolute Gasteiger partial charge is 0.495 e. The topological polar surface area (TPSA) is 160 Å². The number of amides is 2. The van der Waals surface area contributed by atoms with Crippen molar-refractivity contribution in [1.29, 1.82) is 0 Å². The molecule has 0 aliphatic heterocycles. The zero-order chi connectivity index (χ0) is 32.5. The van der Waals surface area contributed by atoms with Crippen molar-refractivity contribution in [3.8, 4) is 28.6 Å².